The molecule has 0 aliphatic heterocycles. The van der Waals surface area contributed by atoms with Gasteiger partial charge in [-0.05, 0) is 24.1 Å². The van der Waals surface area contributed by atoms with E-state index in [2.05, 4.69) is 15.3 Å². The van der Waals surface area contributed by atoms with Crippen molar-refractivity contribution in [1.29, 1.82) is 0 Å². The Balaban J connectivity index is 1.87. The average Bonchev–Trinajstić information content (AvgIpc) is 2.79. The minimum atomic E-state index is -4.47. The smallest absolute Gasteiger partial charge is 0.352 e. The largest absolute Gasteiger partial charge is 0.409 e. The molecule has 0 aliphatic carbocycles. The predicted molar refractivity (Wildman–Crippen MR) is 68.0 cm³/mol. The Morgan fingerprint density at radius 3 is 3.00 bits per heavy atom. The zero-order valence-electron chi connectivity index (χ0n) is 10.4. The van der Waals surface area contributed by atoms with Gasteiger partial charge in [0.2, 0.25) is 5.91 Å². The lowest BCUT2D eigenvalue weighted by molar-refractivity contribution is -0.117. The first kappa shape index (κ1) is 14.1. The molecule has 2 aromatic heterocycles. The number of halogens is 3. The molecule has 0 saturated heterocycles. The lowest BCUT2D eigenvalue weighted by Gasteiger charge is -2.02. The van der Waals surface area contributed by atoms with E-state index in [0.29, 0.717) is 12.5 Å². The number of aromatic amines is 1. The number of hydrogen-bond donors (Lipinski definition) is 2. The van der Waals surface area contributed by atoms with Crippen LogP contribution in [0.4, 0.5) is 13.2 Å². The molecule has 0 aliphatic rings. The fourth-order valence-electron chi connectivity index (χ4n) is 1.77. The van der Waals surface area contributed by atoms with Crippen molar-refractivity contribution >= 4 is 16.9 Å². The molecular formula is C13H12F3N3O. The summed E-state index contributed by atoms with van der Waals surface area (Å²) < 4.78 is 35.6. The van der Waals surface area contributed by atoms with Crippen molar-refractivity contribution in [3.63, 3.8) is 0 Å². The quantitative estimate of drug-likeness (QED) is 0.846. The third-order valence-electron chi connectivity index (χ3n) is 2.65. The maximum absolute atomic E-state index is 11.9. The van der Waals surface area contributed by atoms with Crippen LogP contribution in [0.5, 0.6) is 0 Å². The minimum absolute atomic E-state index is 0.0854. The van der Waals surface area contributed by atoms with Gasteiger partial charge in [0.05, 0.1) is 0 Å². The summed E-state index contributed by atoms with van der Waals surface area (Å²) in [6.07, 6.45) is -0.131. The molecule has 106 valence electrons. The Labute approximate surface area is 112 Å². The Kier molecular flexibility index (Phi) is 4.07. The zero-order chi connectivity index (χ0) is 14.6. The number of nitrogens with one attached hydrogen (secondary N) is 2. The number of alkyl halides is 3. The van der Waals surface area contributed by atoms with Crippen LogP contribution in [0.2, 0.25) is 0 Å². The summed E-state index contributed by atoms with van der Waals surface area (Å²) in [5.41, 5.74) is 1.69. The normalized spacial score (nSPS) is 12.2. The standard InChI is InChI=1S/C13H12F3N3O/c14-13(15,16)5-3-11(20)17-7-4-9-8-19-12-10(9)2-1-6-18-12/h1-3,5-6,8H,4,7H2,(H,17,20)(H,18,19)/b5-3+. The first-order valence-electron chi connectivity index (χ1n) is 5.90. The molecule has 2 rings (SSSR count). The van der Waals surface area contributed by atoms with Crippen molar-refractivity contribution in [2.24, 2.45) is 0 Å². The lowest BCUT2D eigenvalue weighted by atomic mass is 10.1. The Bertz CT molecular complexity index is 631. The van der Waals surface area contributed by atoms with Gasteiger partial charge in [-0.15, -0.1) is 0 Å². The van der Waals surface area contributed by atoms with Crippen LogP contribution in [-0.2, 0) is 11.2 Å². The molecular weight excluding hydrogens is 271 g/mol. The molecule has 0 atom stereocenters. The van der Waals surface area contributed by atoms with Gasteiger partial charge in [0.1, 0.15) is 5.65 Å². The summed E-state index contributed by atoms with van der Waals surface area (Å²) in [6, 6.07) is 3.68. The number of carbonyl (C=O) groups excluding carboxylic acids is 1. The minimum Gasteiger partial charge on any atom is -0.352 e. The number of aromatic nitrogens is 2. The third kappa shape index (κ3) is 3.84. The van der Waals surface area contributed by atoms with E-state index >= 15 is 0 Å². The number of H-pyrrole nitrogens is 1. The summed E-state index contributed by atoms with van der Waals surface area (Å²) in [5.74, 6) is -0.764. The van der Waals surface area contributed by atoms with E-state index in [1.165, 1.54) is 0 Å². The Morgan fingerprint density at radius 1 is 1.45 bits per heavy atom. The van der Waals surface area contributed by atoms with Crippen LogP contribution < -0.4 is 5.32 Å². The van der Waals surface area contributed by atoms with Gasteiger partial charge in [-0.1, -0.05) is 0 Å². The fraction of sp³-hybridized carbons (Fsp3) is 0.231. The second kappa shape index (κ2) is 5.77. The van der Waals surface area contributed by atoms with Gasteiger partial charge in [-0.25, -0.2) is 4.98 Å². The fourth-order valence-corrected chi connectivity index (χ4v) is 1.77. The predicted octanol–water partition coefficient (Wildman–Crippen LogP) is 2.34. The van der Waals surface area contributed by atoms with Crippen molar-refractivity contribution < 1.29 is 18.0 Å². The third-order valence-corrected chi connectivity index (χ3v) is 2.65. The summed E-state index contributed by atoms with van der Waals surface area (Å²) >= 11 is 0. The molecule has 4 nitrogen and oxygen atoms in total. The number of fused-ring (bicyclic) bond motifs is 1. The number of hydrogen-bond acceptors (Lipinski definition) is 2. The monoisotopic (exact) mass is 283 g/mol. The SMILES string of the molecule is O=C(/C=C/C(F)(F)F)NCCc1c[nH]c2ncccc12. The van der Waals surface area contributed by atoms with Crippen LogP contribution in [-0.4, -0.2) is 28.6 Å². The van der Waals surface area contributed by atoms with Crippen molar-refractivity contribution in [3.8, 4) is 0 Å². The topological polar surface area (TPSA) is 57.8 Å². The van der Waals surface area contributed by atoms with Crippen LogP contribution in [0, 0.1) is 0 Å². The highest BCUT2D eigenvalue weighted by atomic mass is 19.4. The number of amides is 1. The first-order valence-corrected chi connectivity index (χ1v) is 5.90. The molecule has 0 radical (unpaired) electrons. The summed E-state index contributed by atoms with van der Waals surface area (Å²) in [7, 11) is 0. The van der Waals surface area contributed by atoms with Gasteiger partial charge < -0.3 is 10.3 Å². The summed E-state index contributed by atoms with van der Waals surface area (Å²) in [4.78, 5) is 18.3. The second-order valence-corrected chi connectivity index (χ2v) is 4.13. The van der Waals surface area contributed by atoms with Gasteiger partial charge in [-0.2, -0.15) is 13.2 Å². The van der Waals surface area contributed by atoms with Crippen LogP contribution in [0.3, 0.4) is 0 Å². The Hall–Kier alpha value is -2.31. The molecule has 0 saturated carbocycles. The summed E-state index contributed by atoms with van der Waals surface area (Å²) in [6.45, 7) is 0.253. The van der Waals surface area contributed by atoms with Gasteiger partial charge in [-0.3, -0.25) is 4.79 Å². The molecule has 0 spiro atoms. The maximum Gasteiger partial charge on any atom is 0.409 e. The van der Waals surface area contributed by atoms with Crippen molar-refractivity contribution in [2.75, 3.05) is 6.54 Å². The van der Waals surface area contributed by atoms with Gasteiger partial charge in [0.15, 0.2) is 0 Å². The van der Waals surface area contributed by atoms with Gasteiger partial charge in [0.25, 0.3) is 0 Å². The van der Waals surface area contributed by atoms with Crippen molar-refractivity contribution in [1.82, 2.24) is 15.3 Å². The lowest BCUT2D eigenvalue weighted by Crippen LogP contribution is -2.24. The van der Waals surface area contributed by atoms with Crippen molar-refractivity contribution in [2.45, 2.75) is 12.6 Å². The van der Waals surface area contributed by atoms with E-state index in [-0.39, 0.29) is 12.6 Å². The first-order chi connectivity index (χ1) is 9.46. The highest BCUT2D eigenvalue weighted by molar-refractivity contribution is 5.87. The average molecular weight is 283 g/mol. The number of pyridine rings is 1. The molecule has 20 heavy (non-hydrogen) atoms. The van der Waals surface area contributed by atoms with Gasteiger partial charge >= 0.3 is 6.18 Å². The number of allylic oxidation sites excluding steroid dienone is 1. The van der Waals surface area contributed by atoms with E-state index in [4.69, 9.17) is 0 Å². The second-order valence-electron chi connectivity index (χ2n) is 4.13. The van der Waals surface area contributed by atoms with E-state index in [0.717, 1.165) is 16.6 Å². The molecule has 0 unspecified atom stereocenters. The van der Waals surface area contributed by atoms with E-state index in [1.54, 1.807) is 18.5 Å². The van der Waals surface area contributed by atoms with Crippen molar-refractivity contribution in [3.05, 3.63) is 42.2 Å². The van der Waals surface area contributed by atoms with Crippen LogP contribution in [0.1, 0.15) is 5.56 Å². The highest BCUT2D eigenvalue weighted by Gasteiger charge is 2.22. The number of carbonyl (C=O) groups is 1. The molecule has 2 heterocycles. The molecule has 0 fully saturated rings. The Morgan fingerprint density at radius 2 is 2.25 bits per heavy atom. The van der Waals surface area contributed by atoms with Crippen LogP contribution >= 0.6 is 0 Å². The van der Waals surface area contributed by atoms with Crippen LogP contribution in [0.15, 0.2) is 36.7 Å². The van der Waals surface area contributed by atoms with E-state index in [9.17, 15) is 18.0 Å². The molecule has 7 heteroatoms. The molecule has 0 aromatic carbocycles. The van der Waals surface area contributed by atoms with Gasteiger partial charge in [0, 0.05) is 36.5 Å². The maximum atomic E-state index is 11.9. The van der Waals surface area contributed by atoms with Crippen LogP contribution in [0.25, 0.3) is 11.0 Å². The molecule has 2 aromatic rings. The zero-order valence-corrected chi connectivity index (χ0v) is 10.4. The van der Waals surface area contributed by atoms with E-state index in [1.807, 2.05) is 6.07 Å². The molecule has 2 N–H and O–H groups in total. The molecule has 1 amide bonds. The number of nitrogens with zero attached hydrogens (tertiary/aromatic N) is 1. The molecule has 0 bridgehead atoms. The number of rotatable bonds is 4. The highest BCUT2D eigenvalue weighted by Crippen LogP contribution is 2.16. The summed E-state index contributed by atoms with van der Waals surface area (Å²) in [5, 5.41) is 3.34. The van der Waals surface area contributed by atoms with E-state index < -0.39 is 12.1 Å².